The summed E-state index contributed by atoms with van der Waals surface area (Å²) in [5.74, 6) is -2.50. The van der Waals surface area contributed by atoms with Crippen LogP contribution in [0.1, 0.15) is 30.1 Å². The molecule has 2 amide bonds. The van der Waals surface area contributed by atoms with Crippen LogP contribution < -0.4 is 10.6 Å². The Morgan fingerprint density at radius 2 is 1.70 bits per heavy atom. The zero-order valence-corrected chi connectivity index (χ0v) is 12.5. The maximum absolute atomic E-state index is 13.6. The van der Waals surface area contributed by atoms with Crippen LogP contribution in [0.3, 0.4) is 0 Å². The van der Waals surface area contributed by atoms with Crippen molar-refractivity contribution in [3.63, 3.8) is 0 Å². The monoisotopic (exact) mass is 318 g/mol. The Morgan fingerprint density at radius 3 is 2.35 bits per heavy atom. The molecule has 0 aliphatic heterocycles. The Labute approximate surface area is 132 Å². The minimum atomic E-state index is -0.935. The Hall–Kier alpha value is -2.76. The predicted molar refractivity (Wildman–Crippen MR) is 84.3 cm³/mol. The molecule has 0 bridgehead atoms. The number of hydrogen-bond donors (Lipinski definition) is 2. The van der Waals surface area contributed by atoms with Crippen molar-refractivity contribution in [3.8, 4) is 0 Å². The number of rotatable bonds is 5. The third-order valence-electron chi connectivity index (χ3n) is 3.06. The molecule has 0 saturated heterocycles. The molecule has 120 valence electrons. The lowest BCUT2D eigenvalue weighted by atomic mass is 10.2. The van der Waals surface area contributed by atoms with Gasteiger partial charge in [-0.1, -0.05) is 13.0 Å². The van der Waals surface area contributed by atoms with E-state index in [1.807, 2.05) is 6.92 Å². The van der Waals surface area contributed by atoms with Crippen LogP contribution in [0.2, 0.25) is 0 Å². The van der Waals surface area contributed by atoms with Gasteiger partial charge in [0.25, 0.3) is 5.91 Å². The van der Waals surface area contributed by atoms with Crippen LogP contribution in [-0.2, 0) is 4.79 Å². The molecule has 2 aromatic rings. The van der Waals surface area contributed by atoms with Crippen molar-refractivity contribution >= 4 is 23.2 Å². The van der Waals surface area contributed by atoms with Crippen LogP contribution in [-0.4, -0.2) is 11.8 Å². The molecule has 0 radical (unpaired) electrons. The molecule has 2 rings (SSSR count). The van der Waals surface area contributed by atoms with Gasteiger partial charge in [0.2, 0.25) is 5.91 Å². The third-order valence-corrected chi connectivity index (χ3v) is 3.06. The smallest absolute Gasteiger partial charge is 0.258 e. The summed E-state index contributed by atoms with van der Waals surface area (Å²) in [6.45, 7) is 1.90. The molecular formula is C17H16F2N2O2. The first-order valence-electron chi connectivity index (χ1n) is 7.16. The van der Waals surface area contributed by atoms with Crippen LogP contribution in [0.15, 0.2) is 42.5 Å². The lowest BCUT2D eigenvalue weighted by Crippen LogP contribution is -2.15. The number of benzene rings is 2. The number of hydrogen-bond acceptors (Lipinski definition) is 2. The zero-order chi connectivity index (χ0) is 16.8. The fourth-order valence-corrected chi connectivity index (χ4v) is 2.00. The molecule has 0 aliphatic carbocycles. The highest BCUT2D eigenvalue weighted by Gasteiger charge is 2.13. The highest BCUT2D eigenvalue weighted by molar-refractivity contribution is 6.04. The van der Waals surface area contributed by atoms with Crippen LogP contribution in [0.5, 0.6) is 0 Å². The molecule has 0 aliphatic rings. The first-order valence-corrected chi connectivity index (χ1v) is 7.16. The Balaban J connectivity index is 2.10. The predicted octanol–water partition coefficient (Wildman–Crippen LogP) is 3.96. The maximum atomic E-state index is 13.6. The molecule has 0 saturated carbocycles. The average molecular weight is 318 g/mol. The molecule has 6 heteroatoms. The highest BCUT2D eigenvalue weighted by atomic mass is 19.1. The summed E-state index contributed by atoms with van der Waals surface area (Å²) < 4.78 is 26.4. The minimum Gasteiger partial charge on any atom is -0.326 e. The lowest BCUT2D eigenvalue weighted by Gasteiger charge is -2.09. The van der Waals surface area contributed by atoms with Gasteiger partial charge < -0.3 is 10.6 Å². The Bertz CT molecular complexity index is 732. The van der Waals surface area contributed by atoms with Crippen LogP contribution in [0.25, 0.3) is 0 Å². The summed E-state index contributed by atoms with van der Waals surface area (Å²) in [6, 6.07) is 9.24. The van der Waals surface area contributed by atoms with Gasteiger partial charge in [-0.25, -0.2) is 8.78 Å². The van der Waals surface area contributed by atoms with E-state index in [2.05, 4.69) is 10.6 Å². The van der Waals surface area contributed by atoms with Gasteiger partial charge in [-0.3, -0.25) is 9.59 Å². The first-order chi connectivity index (χ1) is 11.0. The van der Waals surface area contributed by atoms with Crippen molar-refractivity contribution in [2.45, 2.75) is 19.8 Å². The van der Waals surface area contributed by atoms with E-state index in [4.69, 9.17) is 0 Å². The molecule has 0 spiro atoms. The number of nitrogens with one attached hydrogen (secondary N) is 2. The van der Waals surface area contributed by atoms with Crippen molar-refractivity contribution in [1.29, 1.82) is 0 Å². The first kappa shape index (κ1) is 16.6. The standard InChI is InChI=1S/C17H16F2N2O2/c1-2-4-16(22)20-12-5-3-6-13(10-12)21-17(23)14-8-7-11(18)9-15(14)19/h3,5-10H,2,4H2,1H3,(H,20,22)(H,21,23). The SMILES string of the molecule is CCCC(=O)Nc1cccc(NC(=O)c2ccc(F)cc2F)c1. The number of carbonyl (C=O) groups is 2. The second kappa shape index (κ2) is 7.49. The van der Waals surface area contributed by atoms with Gasteiger partial charge in [0.15, 0.2) is 0 Å². The summed E-state index contributed by atoms with van der Waals surface area (Å²) in [4.78, 5) is 23.6. The van der Waals surface area contributed by atoms with E-state index < -0.39 is 17.5 Å². The second-order valence-electron chi connectivity index (χ2n) is 4.96. The zero-order valence-electron chi connectivity index (χ0n) is 12.5. The van der Waals surface area contributed by atoms with E-state index in [0.717, 1.165) is 18.6 Å². The maximum Gasteiger partial charge on any atom is 0.258 e. The van der Waals surface area contributed by atoms with Crippen molar-refractivity contribution in [2.24, 2.45) is 0 Å². The van der Waals surface area contributed by atoms with Gasteiger partial charge in [0.05, 0.1) is 5.56 Å². The normalized spacial score (nSPS) is 10.2. The summed E-state index contributed by atoms with van der Waals surface area (Å²) >= 11 is 0. The van der Waals surface area contributed by atoms with Crippen LogP contribution >= 0.6 is 0 Å². The van der Waals surface area contributed by atoms with E-state index in [1.54, 1.807) is 24.3 Å². The molecule has 0 fully saturated rings. The number of amides is 2. The molecule has 0 aromatic heterocycles. The molecule has 2 aromatic carbocycles. The summed E-state index contributed by atoms with van der Waals surface area (Å²) in [7, 11) is 0. The van der Waals surface area contributed by atoms with Crippen molar-refractivity contribution in [2.75, 3.05) is 10.6 Å². The van der Waals surface area contributed by atoms with E-state index >= 15 is 0 Å². The van der Waals surface area contributed by atoms with Gasteiger partial charge in [0.1, 0.15) is 11.6 Å². The van der Waals surface area contributed by atoms with E-state index in [-0.39, 0.29) is 11.5 Å². The fourth-order valence-electron chi connectivity index (χ4n) is 2.00. The average Bonchev–Trinajstić information content (AvgIpc) is 2.47. The molecule has 4 nitrogen and oxygen atoms in total. The van der Waals surface area contributed by atoms with Gasteiger partial charge in [0, 0.05) is 23.9 Å². The molecule has 0 unspecified atom stereocenters. The Morgan fingerprint density at radius 1 is 1.00 bits per heavy atom. The molecule has 0 heterocycles. The van der Waals surface area contributed by atoms with Gasteiger partial charge >= 0.3 is 0 Å². The Kier molecular flexibility index (Phi) is 5.41. The van der Waals surface area contributed by atoms with Gasteiger partial charge in [-0.2, -0.15) is 0 Å². The summed E-state index contributed by atoms with van der Waals surface area (Å²) in [5.41, 5.74) is 0.667. The van der Waals surface area contributed by atoms with Crippen molar-refractivity contribution in [1.82, 2.24) is 0 Å². The topological polar surface area (TPSA) is 58.2 Å². The highest BCUT2D eigenvalue weighted by Crippen LogP contribution is 2.17. The lowest BCUT2D eigenvalue weighted by molar-refractivity contribution is -0.116. The largest absolute Gasteiger partial charge is 0.326 e. The fraction of sp³-hybridized carbons (Fsp3) is 0.176. The minimum absolute atomic E-state index is 0.124. The summed E-state index contributed by atoms with van der Waals surface area (Å²) in [6.07, 6.45) is 1.13. The van der Waals surface area contributed by atoms with Crippen LogP contribution in [0, 0.1) is 11.6 Å². The molecule has 2 N–H and O–H groups in total. The van der Waals surface area contributed by atoms with E-state index in [9.17, 15) is 18.4 Å². The third kappa shape index (κ3) is 4.60. The van der Waals surface area contributed by atoms with Crippen molar-refractivity contribution < 1.29 is 18.4 Å². The summed E-state index contributed by atoms with van der Waals surface area (Å²) in [5, 5.41) is 5.21. The second-order valence-corrected chi connectivity index (χ2v) is 4.96. The van der Waals surface area contributed by atoms with Gasteiger partial charge in [-0.05, 0) is 36.8 Å². The molecule has 0 atom stereocenters. The van der Waals surface area contributed by atoms with Crippen LogP contribution in [0.4, 0.5) is 20.2 Å². The number of halogens is 2. The van der Waals surface area contributed by atoms with E-state index in [0.29, 0.717) is 23.9 Å². The van der Waals surface area contributed by atoms with E-state index in [1.165, 1.54) is 0 Å². The molecule has 23 heavy (non-hydrogen) atoms. The number of anilines is 2. The van der Waals surface area contributed by atoms with Crippen molar-refractivity contribution in [3.05, 3.63) is 59.7 Å². The van der Waals surface area contributed by atoms with Gasteiger partial charge in [-0.15, -0.1) is 0 Å². The quantitative estimate of drug-likeness (QED) is 0.877. The number of carbonyl (C=O) groups excluding carboxylic acids is 2. The molecular weight excluding hydrogens is 302 g/mol.